The van der Waals surface area contributed by atoms with Gasteiger partial charge in [-0.3, -0.25) is 0 Å². The van der Waals surface area contributed by atoms with Crippen molar-refractivity contribution in [1.29, 1.82) is 0 Å². The van der Waals surface area contributed by atoms with E-state index in [1.165, 1.54) is 0 Å². The Bertz CT molecular complexity index is 525. The molecule has 0 saturated carbocycles. The van der Waals surface area contributed by atoms with E-state index in [2.05, 4.69) is 10.9 Å². The van der Waals surface area contributed by atoms with Gasteiger partial charge in [0.1, 0.15) is 6.26 Å². The number of oxazole rings is 1. The van der Waals surface area contributed by atoms with Crippen LogP contribution in [0, 0.1) is 12.3 Å². The summed E-state index contributed by atoms with van der Waals surface area (Å²) in [6.45, 7) is 0. The van der Waals surface area contributed by atoms with Crippen molar-refractivity contribution in [2.24, 2.45) is 0 Å². The zero-order valence-corrected chi connectivity index (χ0v) is 10.0. The standard InChI is InChI=1S/C15H15NO2/c1-2-6-14(17)10-9-13-11-18-15(16-13)12-7-4-3-5-8-12/h1,3-5,7-8,11,14,17H,6,9-10H2. The van der Waals surface area contributed by atoms with E-state index in [-0.39, 0.29) is 0 Å². The first-order valence-corrected chi connectivity index (χ1v) is 5.91. The number of aliphatic hydroxyl groups is 1. The fraction of sp³-hybridized carbons (Fsp3) is 0.267. The summed E-state index contributed by atoms with van der Waals surface area (Å²) in [5.41, 5.74) is 1.79. The Morgan fingerprint density at radius 1 is 1.33 bits per heavy atom. The normalized spacial score (nSPS) is 12.0. The molecule has 0 aliphatic heterocycles. The number of hydrogen-bond acceptors (Lipinski definition) is 3. The molecule has 1 N–H and O–H groups in total. The number of aryl methyl sites for hydroxylation is 1. The molecular weight excluding hydrogens is 226 g/mol. The number of terminal acetylenes is 1. The molecule has 0 bridgehead atoms. The van der Waals surface area contributed by atoms with Crippen molar-refractivity contribution in [3.8, 4) is 23.8 Å². The molecule has 0 aliphatic rings. The number of nitrogens with zero attached hydrogens (tertiary/aromatic N) is 1. The quantitative estimate of drug-likeness (QED) is 0.818. The third-order valence-electron chi connectivity index (χ3n) is 2.66. The Balaban J connectivity index is 1.97. The molecule has 2 aromatic rings. The lowest BCUT2D eigenvalue weighted by Gasteiger charge is -2.03. The lowest BCUT2D eigenvalue weighted by atomic mass is 10.1. The smallest absolute Gasteiger partial charge is 0.226 e. The van der Waals surface area contributed by atoms with Crippen molar-refractivity contribution in [1.82, 2.24) is 4.98 Å². The second-order valence-corrected chi connectivity index (χ2v) is 4.11. The van der Waals surface area contributed by atoms with Crippen LogP contribution in [0.5, 0.6) is 0 Å². The summed E-state index contributed by atoms with van der Waals surface area (Å²) >= 11 is 0. The predicted octanol–water partition coefficient (Wildman–Crippen LogP) is 2.66. The third-order valence-corrected chi connectivity index (χ3v) is 2.66. The van der Waals surface area contributed by atoms with Gasteiger partial charge in [-0.15, -0.1) is 12.3 Å². The molecule has 1 unspecified atom stereocenters. The molecule has 92 valence electrons. The van der Waals surface area contributed by atoms with E-state index < -0.39 is 6.10 Å². The second kappa shape index (κ2) is 6.04. The van der Waals surface area contributed by atoms with Gasteiger partial charge in [0.15, 0.2) is 0 Å². The van der Waals surface area contributed by atoms with Gasteiger partial charge in [0, 0.05) is 12.0 Å². The van der Waals surface area contributed by atoms with Crippen LogP contribution in [0.25, 0.3) is 11.5 Å². The molecule has 3 heteroatoms. The minimum atomic E-state index is -0.466. The molecule has 0 saturated heterocycles. The Hall–Kier alpha value is -2.05. The number of rotatable bonds is 5. The molecule has 0 radical (unpaired) electrons. The maximum absolute atomic E-state index is 9.53. The van der Waals surface area contributed by atoms with Crippen LogP contribution in [0.4, 0.5) is 0 Å². The van der Waals surface area contributed by atoms with Crippen LogP contribution in [0.1, 0.15) is 18.5 Å². The first-order valence-electron chi connectivity index (χ1n) is 5.91. The van der Waals surface area contributed by atoms with Crippen LogP contribution in [-0.4, -0.2) is 16.2 Å². The average Bonchev–Trinajstić information content (AvgIpc) is 2.87. The molecule has 0 spiro atoms. The van der Waals surface area contributed by atoms with Gasteiger partial charge in [-0.05, 0) is 25.0 Å². The van der Waals surface area contributed by atoms with Crippen LogP contribution in [0.2, 0.25) is 0 Å². The van der Waals surface area contributed by atoms with Gasteiger partial charge in [0.05, 0.1) is 11.8 Å². The molecule has 3 nitrogen and oxygen atoms in total. The highest BCUT2D eigenvalue weighted by molar-refractivity contribution is 5.52. The first kappa shape index (κ1) is 12.4. The molecular formula is C15H15NO2. The van der Waals surface area contributed by atoms with Crippen LogP contribution in [-0.2, 0) is 6.42 Å². The van der Waals surface area contributed by atoms with Gasteiger partial charge < -0.3 is 9.52 Å². The summed E-state index contributed by atoms with van der Waals surface area (Å²) in [6, 6.07) is 9.72. The summed E-state index contributed by atoms with van der Waals surface area (Å²) in [7, 11) is 0. The van der Waals surface area contributed by atoms with Gasteiger partial charge in [0.2, 0.25) is 5.89 Å². The highest BCUT2D eigenvalue weighted by Crippen LogP contribution is 2.18. The predicted molar refractivity (Wildman–Crippen MR) is 69.7 cm³/mol. The van der Waals surface area contributed by atoms with E-state index in [9.17, 15) is 5.11 Å². The largest absolute Gasteiger partial charge is 0.444 e. The van der Waals surface area contributed by atoms with Crippen molar-refractivity contribution in [3.63, 3.8) is 0 Å². The van der Waals surface area contributed by atoms with Crippen LogP contribution < -0.4 is 0 Å². The fourth-order valence-electron chi connectivity index (χ4n) is 1.69. The minimum Gasteiger partial charge on any atom is -0.444 e. The summed E-state index contributed by atoms with van der Waals surface area (Å²) < 4.78 is 5.41. The van der Waals surface area contributed by atoms with E-state index in [1.807, 2.05) is 30.3 Å². The van der Waals surface area contributed by atoms with Gasteiger partial charge in [-0.1, -0.05) is 18.2 Å². The summed E-state index contributed by atoms with van der Waals surface area (Å²) in [5.74, 6) is 3.05. The van der Waals surface area contributed by atoms with E-state index in [0.29, 0.717) is 25.2 Å². The Morgan fingerprint density at radius 2 is 2.11 bits per heavy atom. The Kier molecular flexibility index (Phi) is 4.16. The molecule has 0 amide bonds. The average molecular weight is 241 g/mol. The molecule has 0 fully saturated rings. The third kappa shape index (κ3) is 3.22. The molecule has 18 heavy (non-hydrogen) atoms. The number of aromatic nitrogens is 1. The first-order chi connectivity index (χ1) is 8.79. The van der Waals surface area contributed by atoms with Gasteiger partial charge in [-0.25, -0.2) is 4.98 Å². The number of hydrogen-bond donors (Lipinski definition) is 1. The maximum atomic E-state index is 9.53. The second-order valence-electron chi connectivity index (χ2n) is 4.11. The van der Waals surface area contributed by atoms with Gasteiger partial charge in [-0.2, -0.15) is 0 Å². The number of benzene rings is 1. The minimum absolute atomic E-state index is 0.378. The zero-order valence-electron chi connectivity index (χ0n) is 10.0. The van der Waals surface area contributed by atoms with Gasteiger partial charge >= 0.3 is 0 Å². The van der Waals surface area contributed by atoms with Gasteiger partial charge in [0.25, 0.3) is 0 Å². The van der Waals surface area contributed by atoms with Crippen LogP contribution >= 0.6 is 0 Å². The monoisotopic (exact) mass is 241 g/mol. The summed E-state index contributed by atoms with van der Waals surface area (Å²) in [4.78, 5) is 4.38. The van der Waals surface area contributed by atoms with Crippen molar-refractivity contribution in [2.75, 3.05) is 0 Å². The molecule has 1 atom stereocenters. The Morgan fingerprint density at radius 3 is 2.83 bits per heavy atom. The van der Waals surface area contributed by atoms with E-state index in [1.54, 1.807) is 6.26 Å². The highest BCUT2D eigenvalue weighted by atomic mass is 16.3. The molecule has 2 rings (SSSR count). The molecule has 1 aromatic heterocycles. The Labute approximate surface area is 106 Å². The molecule has 0 aliphatic carbocycles. The van der Waals surface area contributed by atoms with E-state index >= 15 is 0 Å². The van der Waals surface area contributed by atoms with E-state index in [0.717, 1.165) is 11.3 Å². The van der Waals surface area contributed by atoms with E-state index in [4.69, 9.17) is 10.8 Å². The van der Waals surface area contributed by atoms with Crippen molar-refractivity contribution in [2.45, 2.75) is 25.4 Å². The summed E-state index contributed by atoms with van der Waals surface area (Å²) in [5, 5.41) is 9.53. The van der Waals surface area contributed by atoms with Crippen LogP contribution in [0.15, 0.2) is 41.0 Å². The topological polar surface area (TPSA) is 46.3 Å². The molecule has 1 aromatic carbocycles. The zero-order chi connectivity index (χ0) is 12.8. The lowest BCUT2D eigenvalue weighted by molar-refractivity contribution is 0.170. The number of aliphatic hydroxyl groups excluding tert-OH is 1. The van der Waals surface area contributed by atoms with Crippen molar-refractivity contribution in [3.05, 3.63) is 42.3 Å². The SMILES string of the molecule is C#CCC(O)CCc1coc(-c2ccccc2)n1. The fourth-order valence-corrected chi connectivity index (χ4v) is 1.69. The summed E-state index contributed by atoms with van der Waals surface area (Å²) in [6.07, 6.45) is 7.94. The molecule has 1 heterocycles. The van der Waals surface area contributed by atoms with Crippen LogP contribution in [0.3, 0.4) is 0 Å². The maximum Gasteiger partial charge on any atom is 0.226 e. The van der Waals surface area contributed by atoms with Crippen molar-refractivity contribution >= 4 is 0 Å². The lowest BCUT2D eigenvalue weighted by Crippen LogP contribution is -2.06. The van der Waals surface area contributed by atoms with Crippen molar-refractivity contribution < 1.29 is 9.52 Å². The highest BCUT2D eigenvalue weighted by Gasteiger charge is 2.08.